The number of aliphatic carboxylic acids is 1. The summed E-state index contributed by atoms with van der Waals surface area (Å²) in [6, 6.07) is 2.69. The first kappa shape index (κ1) is 36.6. The zero-order valence-electron chi connectivity index (χ0n) is 26.9. The molecule has 0 saturated carbocycles. The van der Waals surface area contributed by atoms with Gasteiger partial charge in [0.05, 0.1) is 40.8 Å². The molecular weight excluding hydrogens is 692 g/mol. The number of nitrogens with zero attached hydrogens (tertiary/aromatic N) is 2. The molecule has 5 N–H and O–H groups in total. The van der Waals surface area contributed by atoms with Gasteiger partial charge in [0, 0.05) is 33.9 Å². The summed E-state index contributed by atoms with van der Waals surface area (Å²) in [6.45, 7) is 7.92. The van der Waals surface area contributed by atoms with Crippen molar-refractivity contribution >= 4 is 50.3 Å². The third-order valence-electron chi connectivity index (χ3n) is 8.92. The number of aromatic nitrogens is 2. The number of fused-ring (bicyclic) bond motifs is 5. The highest BCUT2D eigenvalue weighted by molar-refractivity contribution is 8.77. The van der Waals surface area contributed by atoms with Gasteiger partial charge < -0.3 is 30.6 Å². The van der Waals surface area contributed by atoms with E-state index in [1.165, 1.54) is 16.9 Å². The van der Waals surface area contributed by atoms with E-state index in [0.29, 0.717) is 41.9 Å². The SMILES string of the molecule is CC[C@@]1(O)C(=O)OCc2c1cc1n(c2=O)Cc2c-1nc1cc(F)c(C)c3c1c2[C@@H](NC(=O)CSSC(C)(C)CN)CC3.O=C(O)C(F)(F)F. The van der Waals surface area contributed by atoms with E-state index in [9.17, 15) is 32.7 Å². The maximum Gasteiger partial charge on any atom is 0.490 e. The number of hydrogen-bond acceptors (Lipinski definition) is 10. The molecule has 11 nitrogen and oxygen atoms in total. The number of ether oxygens (including phenoxy) is 1. The van der Waals surface area contributed by atoms with E-state index in [1.54, 1.807) is 35.3 Å². The average Bonchev–Trinajstić information content (AvgIpc) is 3.40. The first-order valence-corrected chi connectivity index (χ1v) is 17.6. The standard InChI is InChI=1S/C30H33FN4O5S2.C2HF3O2/c1-5-30(39)18-8-22-26-16(10-35(22)27(37)17(18)11-40-28(30)38)25-20(33-23(36)12-41-42-29(3,4)13-32)7-6-15-14(2)19(31)9-21(34-26)24(15)25;3-2(4,5)1(6)7/h8-9,20,39H,5-7,10-13,32H2,1-4H3,(H,33,36);(H,6,7)/t20-,30-;/m0./s1. The predicted molar refractivity (Wildman–Crippen MR) is 175 cm³/mol. The first-order chi connectivity index (χ1) is 22.8. The van der Waals surface area contributed by atoms with Crippen LogP contribution in [0, 0.1) is 12.7 Å². The van der Waals surface area contributed by atoms with Gasteiger partial charge in [-0.15, -0.1) is 0 Å². The third-order valence-corrected chi connectivity index (χ3v) is 12.1. The van der Waals surface area contributed by atoms with Crippen LogP contribution in [-0.2, 0) is 44.3 Å². The number of carbonyl (C=O) groups is 3. The number of carboxylic acids is 1. The fourth-order valence-electron chi connectivity index (χ4n) is 6.21. The zero-order valence-corrected chi connectivity index (χ0v) is 28.6. The van der Waals surface area contributed by atoms with Crippen LogP contribution in [0.15, 0.2) is 16.9 Å². The molecule has 0 bridgehead atoms. The van der Waals surface area contributed by atoms with Gasteiger partial charge in [-0.3, -0.25) is 9.59 Å². The van der Waals surface area contributed by atoms with Crippen LogP contribution < -0.4 is 16.6 Å². The lowest BCUT2D eigenvalue weighted by molar-refractivity contribution is -0.192. The maximum absolute atomic E-state index is 15.1. The van der Waals surface area contributed by atoms with Crippen molar-refractivity contribution in [3.8, 4) is 11.4 Å². The Morgan fingerprint density at radius 2 is 1.88 bits per heavy atom. The molecule has 0 unspecified atom stereocenters. The highest BCUT2D eigenvalue weighted by atomic mass is 33.1. The summed E-state index contributed by atoms with van der Waals surface area (Å²) >= 11 is 0. The maximum atomic E-state index is 15.1. The second kappa shape index (κ2) is 13.2. The number of pyridine rings is 2. The van der Waals surface area contributed by atoms with Crippen molar-refractivity contribution in [3.63, 3.8) is 0 Å². The molecule has 6 rings (SSSR count). The molecule has 4 heterocycles. The molecule has 264 valence electrons. The summed E-state index contributed by atoms with van der Waals surface area (Å²) in [4.78, 5) is 53.2. The van der Waals surface area contributed by atoms with Crippen LogP contribution in [0.1, 0.15) is 73.0 Å². The van der Waals surface area contributed by atoms with Crippen LogP contribution >= 0.6 is 21.6 Å². The Morgan fingerprint density at radius 3 is 2.49 bits per heavy atom. The van der Waals surface area contributed by atoms with Gasteiger partial charge in [0.25, 0.3) is 5.56 Å². The minimum absolute atomic E-state index is 0.0334. The van der Waals surface area contributed by atoms with Crippen molar-refractivity contribution in [1.82, 2.24) is 14.9 Å². The number of benzene rings is 1. The molecule has 0 fully saturated rings. The number of carbonyl (C=O) groups excluding carboxylic acids is 2. The Bertz CT molecular complexity index is 1950. The number of nitrogens with two attached hydrogens (primary N) is 1. The van der Waals surface area contributed by atoms with E-state index >= 15 is 4.39 Å². The monoisotopic (exact) mass is 726 g/mol. The van der Waals surface area contributed by atoms with E-state index in [0.717, 1.165) is 22.1 Å². The van der Waals surface area contributed by atoms with E-state index in [2.05, 4.69) is 5.32 Å². The van der Waals surface area contributed by atoms with E-state index in [4.69, 9.17) is 25.4 Å². The summed E-state index contributed by atoms with van der Waals surface area (Å²) in [7, 11) is 3.02. The number of halogens is 4. The summed E-state index contributed by atoms with van der Waals surface area (Å²) in [5.74, 6) is -3.80. The molecule has 1 aromatic carbocycles. The lowest BCUT2D eigenvalue weighted by Gasteiger charge is -2.31. The van der Waals surface area contributed by atoms with Gasteiger partial charge in [0.1, 0.15) is 12.4 Å². The molecule has 2 atom stereocenters. The van der Waals surface area contributed by atoms with Crippen LogP contribution in [0.5, 0.6) is 0 Å². The fraction of sp³-hybridized carbons (Fsp3) is 0.469. The molecule has 1 amide bonds. The number of aryl methyl sites for hydroxylation is 1. The van der Waals surface area contributed by atoms with Crippen LogP contribution in [-0.4, -0.2) is 60.8 Å². The summed E-state index contributed by atoms with van der Waals surface area (Å²) in [6.07, 6.45) is -3.91. The minimum Gasteiger partial charge on any atom is -0.475 e. The molecule has 2 aliphatic heterocycles. The van der Waals surface area contributed by atoms with E-state index in [-0.39, 0.29) is 64.5 Å². The minimum atomic E-state index is -5.08. The van der Waals surface area contributed by atoms with Gasteiger partial charge >= 0.3 is 18.1 Å². The van der Waals surface area contributed by atoms with Crippen molar-refractivity contribution in [2.75, 3.05) is 12.3 Å². The number of esters is 1. The van der Waals surface area contributed by atoms with Gasteiger partial charge in [-0.2, -0.15) is 13.2 Å². The molecule has 3 aliphatic rings. The largest absolute Gasteiger partial charge is 0.490 e. The van der Waals surface area contributed by atoms with Crippen molar-refractivity contribution in [1.29, 1.82) is 0 Å². The molecule has 0 spiro atoms. The second-order valence-corrected chi connectivity index (χ2v) is 15.6. The predicted octanol–water partition coefficient (Wildman–Crippen LogP) is 4.38. The Balaban J connectivity index is 0.000000606. The Kier molecular flexibility index (Phi) is 9.88. The highest BCUT2D eigenvalue weighted by Gasteiger charge is 2.46. The number of nitrogens with one attached hydrogen (secondary N) is 1. The first-order valence-electron chi connectivity index (χ1n) is 15.3. The number of amides is 1. The average molecular weight is 727 g/mol. The van der Waals surface area contributed by atoms with Crippen molar-refractivity contribution in [3.05, 3.63) is 61.7 Å². The lowest BCUT2D eigenvalue weighted by Crippen LogP contribution is -2.44. The summed E-state index contributed by atoms with van der Waals surface area (Å²) < 4.78 is 53.4. The number of rotatable bonds is 7. The smallest absolute Gasteiger partial charge is 0.475 e. The summed E-state index contributed by atoms with van der Waals surface area (Å²) in [5.41, 5.74) is 8.36. The van der Waals surface area contributed by atoms with Crippen LogP contribution in [0.25, 0.3) is 22.3 Å². The Labute approximate surface area is 285 Å². The lowest BCUT2D eigenvalue weighted by atomic mass is 9.81. The van der Waals surface area contributed by atoms with Gasteiger partial charge in [-0.05, 0) is 62.8 Å². The molecule has 0 saturated heterocycles. The van der Waals surface area contributed by atoms with Crippen molar-refractivity contribution in [2.24, 2.45) is 5.73 Å². The van der Waals surface area contributed by atoms with Gasteiger partial charge in [0.2, 0.25) is 5.91 Å². The number of hydrogen-bond donors (Lipinski definition) is 4. The number of aliphatic hydroxyl groups is 1. The third kappa shape index (κ3) is 6.65. The van der Waals surface area contributed by atoms with Crippen LogP contribution in [0.3, 0.4) is 0 Å². The topological polar surface area (TPSA) is 174 Å². The quantitative estimate of drug-likeness (QED) is 0.121. The van der Waals surface area contributed by atoms with Gasteiger partial charge in [0.15, 0.2) is 5.60 Å². The van der Waals surface area contributed by atoms with Gasteiger partial charge in [-0.25, -0.2) is 19.0 Å². The van der Waals surface area contributed by atoms with Crippen molar-refractivity contribution in [2.45, 2.75) is 82.7 Å². The molecule has 0 radical (unpaired) electrons. The van der Waals surface area contributed by atoms with Gasteiger partial charge in [-0.1, -0.05) is 28.5 Å². The van der Waals surface area contributed by atoms with Crippen LogP contribution in [0.4, 0.5) is 17.6 Å². The van der Waals surface area contributed by atoms with Crippen LogP contribution in [0.2, 0.25) is 0 Å². The molecule has 1 aliphatic carbocycles. The second-order valence-electron chi connectivity index (χ2n) is 12.6. The Hall–Kier alpha value is -3.67. The molecular formula is C32H34F4N4O7S2. The number of alkyl halides is 3. The van der Waals surface area contributed by atoms with E-state index in [1.807, 2.05) is 13.8 Å². The van der Waals surface area contributed by atoms with E-state index < -0.39 is 23.7 Å². The normalized spacial score (nSPS) is 19.3. The van der Waals surface area contributed by atoms with Crippen molar-refractivity contribution < 1.29 is 46.9 Å². The molecule has 49 heavy (non-hydrogen) atoms. The fourth-order valence-corrected chi connectivity index (χ4v) is 8.51. The summed E-state index contributed by atoms with van der Waals surface area (Å²) in [5, 5.41) is 22.3. The zero-order chi connectivity index (χ0) is 36.2. The highest BCUT2D eigenvalue weighted by Crippen LogP contribution is 2.46. The number of carboxylic acid groups (broad SMARTS) is 1. The Morgan fingerprint density at radius 1 is 1.20 bits per heavy atom. The molecule has 3 aromatic rings. The molecule has 2 aromatic heterocycles. The molecule has 17 heteroatoms. The number of cyclic esters (lactones) is 1.